The number of piperazine rings is 1. The molecule has 5 nitrogen and oxygen atoms in total. The number of methoxy groups -OCH3 is 1. The summed E-state index contributed by atoms with van der Waals surface area (Å²) >= 11 is 6.08. The third-order valence-corrected chi connectivity index (χ3v) is 6.34. The van der Waals surface area contributed by atoms with Crippen LogP contribution < -0.4 is 4.74 Å². The van der Waals surface area contributed by atoms with E-state index in [4.69, 9.17) is 21.1 Å². The normalized spacial score (nSPS) is 15.1. The Bertz CT molecular complexity index is 1150. The number of hydrogen-bond donors (Lipinski definition) is 0. The van der Waals surface area contributed by atoms with Gasteiger partial charge in [0, 0.05) is 37.7 Å². The van der Waals surface area contributed by atoms with Crippen LogP contribution in [0.5, 0.6) is 5.75 Å². The zero-order chi connectivity index (χ0) is 24.8. The molecule has 35 heavy (non-hydrogen) atoms. The van der Waals surface area contributed by atoms with E-state index in [0.717, 1.165) is 22.9 Å². The Hall–Kier alpha value is -3.00. The number of halogens is 3. The highest BCUT2D eigenvalue weighted by Crippen LogP contribution is 2.25. The van der Waals surface area contributed by atoms with Crippen molar-refractivity contribution in [1.82, 2.24) is 9.80 Å². The summed E-state index contributed by atoms with van der Waals surface area (Å²) in [4.78, 5) is 16.5. The Balaban J connectivity index is 1.40. The lowest BCUT2D eigenvalue weighted by molar-refractivity contribution is 0.00332. The van der Waals surface area contributed by atoms with Crippen LogP contribution in [0, 0.1) is 11.6 Å². The van der Waals surface area contributed by atoms with E-state index in [2.05, 4.69) is 4.90 Å². The summed E-state index contributed by atoms with van der Waals surface area (Å²) < 4.78 is 39.2. The van der Waals surface area contributed by atoms with Gasteiger partial charge in [-0.2, -0.15) is 0 Å². The number of carbonyl (C=O) groups excluding carboxylic acids is 1. The highest BCUT2D eigenvalue weighted by Gasteiger charge is 2.27. The molecule has 3 aromatic carbocycles. The van der Waals surface area contributed by atoms with Crippen molar-refractivity contribution in [3.63, 3.8) is 0 Å². The Labute approximate surface area is 208 Å². The molecular formula is C27H27ClF2N2O3. The van der Waals surface area contributed by atoms with Crippen LogP contribution >= 0.6 is 11.6 Å². The summed E-state index contributed by atoms with van der Waals surface area (Å²) in [5, 5.41) is 0.650. The summed E-state index contributed by atoms with van der Waals surface area (Å²) in [6.45, 7) is 3.03. The van der Waals surface area contributed by atoms with E-state index < -0.39 is 17.5 Å². The van der Waals surface area contributed by atoms with Gasteiger partial charge in [0.15, 0.2) is 11.6 Å². The van der Waals surface area contributed by atoms with Crippen molar-refractivity contribution in [1.29, 1.82) is 0 Å². The molecule has 184 valence electrons. The Morgan fingerprint density at radius 2 is 1.71 bits per heavy atom. The van der Waals surface area contributed by atoms with Crippen molar-refractivity contribution < 1.29 is 23.0 Å². The fraction of sp³-hybridized carbons (Fsp3) is 0.296. The lowest BCUT2D eigenvalue weighted by atomic mass is 10.1. The average Bonchev–Trinajstić information content (AvgIpc) is 2.89. The van der Waals surface area contributed by atoms with Crippen LogP contribution in [0.15, 0.2) is 66.7 Å². The Morgan fingerprint density at radius 1 is 1.00 bits per heavy atom. The lowest BCUT2D eigenvalue weighted by Crippen LogP contribution is -2.49. The molecule has 0 spiro atoms. The molecule has 1 aliphatic rings. The van der Waals surface area contributed by atoms with E-state index in [9.17, 15) is 13.6 Å². The summed E-state index contributed by atoms with van der Waals surface area (Å²) in [6.07, 6.45) is -0.221. The molecule has 1 aliphatic heterocycles. The average molecular weight is 501 g/mol. The van der Waals surface area contributed by atoms with Gasteiger partial charge in [0.1, 0.15) is 5.75 Å². The second-order valence-electron chi connectivity index (χ2n) is 8.40. The maximum absolute atomic E-state index is 14.1. The smallest absolute Gasteiger partial charge is 0.257 e. The summed E-state index contributed by atoms with van der Waals surface area (Å²) in [7, 11) is 1.63. The second-order valence-corrected chi connectivity index (χ2v) is 8.83. The van der Waals surface area contributed by atoms with Gasteiger partial charge in [-0.15, -0.1) is 0 Å². The minimum absolute atomic E-state index is 0.221. The third kappa shape index (κ3) is 6.36. The van der Waals surface area contributed by atoms with Gasteiger partial charge in [0.05, 0.1) is 25.4 Å². The molecule has 0 aromatic heterocycles. The van der Waals surface area contributed by atoms with Gasteiger partial charge >= 0.3 is 0 Å². The van der Waals surface area contributed by atoms with Crippen LogP contribution in [0.4, 0.5) is 8.78 Å². The zero-order valence-corrected chi connectivity index (χ0v) is 20.2. The van der Waals surface area contributed by atoms with E-state index in [0.29, 0.717) is 44.4 Å². The highest BCUT2D eigenvalue weighted by atomic mass is 35.5. The Kier molecular flexibility index (Phi) is 8.33. The third-order valence-electron chi connectivity index (χ3n) is 6.09. The first-order valence-corrected chi connectivity index (χ1v) is 11.8. The maximum Gasteiger partial charge on any atom is 0.257 e. The molecule has 0 N–H and O–H groups in total. The number of amides is 1. The first-order valence-electron chi connectivity index (χ1n) is 11.4. The van der Waals surface area contributed by atoms with Gasteiger partial charge in [-0.1, -0.05) is 41.9 Å². The van der Waals surface area contributed by atoms with Gasteiger partial charge < -0.3 is 14.4 Å². The minimum atomic E-state index is -1.10. The van der Waals surface area contributed by atoms with Crippen molar-refractivity contribution in [2.24, 2.45) is 0 Å². The molecule has 1 fully saturated rings. The molecule has 1 amide bonds. The van der Waals surface area contributed by atoms with Crippen LogP contribution in [0.2, 0.25) is 5.02 Å². The quantitative estimate of drug-likeness (QED) is 0.418. The fourth-order valence-corrected chi connectivity index (χ4v) is 4.22. The molecule has 1 atom stereocenters. The number of carbonyl (C=O) groups is 1. The predicted molar refractivity (Wildman–Crippen MR) is 131 cm³/mol. The molecule has 0 aliphatic carbocycles. The number of nitrogens with zero attached hydrogens (tertiary/aromatic N) is 2. The van der Waals surface area contributed by atoms with Crippen molar-refractivity contribution in [3.8, 4) is 5.75 Å². The van der Waals surface area contributed by atoms with Crippen LogP contribution in [0.25, 0.3) is 0 Å². The van der Waals surface area contributed by atoms with E-state index in [-0.39, 0.29) is 11.7 Å². The molecule has 0 bridgehead atoms. The van der Waals surface area contributed by atoms with Crippen molar-refractivity contribution in [2.45, 2.75) is 12.7 Å². The molecule has 1 unspecified atom stereocenters. The van der Waals surface area contributed by atoms with Crippen LogP contribution in [-0.4, -0.2) is 55.5 Å². The molecule has 8 heteroatoms. The summed E-state index contributed by atoms with van der Waals surface area (Å²) in [5.41, 5.74) is 1.76. The predicted octanol–water partition coefficient (Wildman–Crippen LogP) is 5.34. The first-order chi connectivity index (χ1) is 16.9. The van der Waals surface area contributed by atoms with E-state index in [1.165, 1.54) is 12.1 Å². The van der Waals surface area contributed by atoms with Gasteiger partial charge in [0.25, 0.3) is 5.91 Å². The van der Waals surface area contributed by atoms with Crippen molar-refractivity contribution >= 4 is 17.5 Å². The standard InChI is InChI=1S/C27H27ClF2N2O3/c1-34-22-5-2-4-19(16-22)18-35-25(20-8-10-21(28)11-9-20)17-31-12-14-32(15-13-31)27(33)23-6-3-7-24(29)26(23)30/h2-11,16,25H,12-15,17-18H2,1H3. The van der Waals surface area contributed by atoms with E-state index >= 15 is 0 Å². The van der Waals surface area contributed by atoms with Crippen molar-refractivity contribution in [2.75, 3.05) is 39.8 Å². The molecule has 3 aromatic rings. The second kappa shape index (κ2) is 11.6. The molecule has 1 saturated heterocycles. The number of benzene rings is 3. The van der Waals surface area contributed by atoms with Gasteiger partial charge in [-0.3, -0.25) is 9.69 Å². The number of rotatable bonds is 8. The molecule has 1 heterocycles. The molecule has 4 rings (SSSR count). The molecule has 0 radical (unpaired) electrons. The Morgan fingerprint density at radius 3 is 2.43 bits per heavy atom. The fourth-order valence-electron chi connectivity index (χ4n) is 4.10. The van der Waals surface area contributed by atoms with Crippen LogP contribution in [0.1, 0.15) is 27.6 Å². The summed E-state index contributed by atoms with van der Waals surface area (Å²) in [5.74, 6) is -1.85. The topological polar surface area (TPSA) is 42.0 Å². The SMILES string of the molecule is COc1cccc(COC(CN2CCN(C(=O)c3cccc(F)c3F)CC2)c2ccc(Cl)cc2)c1. The van der Waals surface area contributed by atoms with Crippen molar-refractivity contribution in [3.05, 3.63) is 100 Å². The van der Waals surface area contributed by atoms with Crippen LogP contribution in [0.3, 0.4) is 0 Å². The lowest BCUT2D eigenvalue weighted by Gasteiger charge is -2.36. The van der Waals surface area contributed by atoms with Crippen LogP contribution in [-0.2, 0) is 11.3 Å². The van der Waals surface area contributed by atoms with Gasteiger partial charge in [-0.05, 0) is 47.5 Å². The maximum atomic E-state index is 14.1. The van der Waals surface area contributed by atoms with Gasteiger partial charge in [-0.25, -0.2) is 8.78 Å². The highest BCUT2D eigenvalue weighted by molar-refractivity contribution is 6.30. The number of hydrogen-bond acceptors (Lipinski definition) is 4. The van der Waals surface area contributed by atoms with E-state index in [1.54, 1.807) is 12.0 Å². The zero-order valence-electron chi connectivity index (χ0n) is 19.4. The molecule has 0 saturated carbocycles. The largest absolute Gasteiger partial charge is 0.497 e. The summed E-state index contributed by atoms with van der Waals surface area (Å²) in [6, 6.07) is 19.0. The minimum Gasteiger partial charge on any atom is -0.497 e. The van der Waals surface area contributed by atoms with Gasteiger partial charge in [0.2, 0.25) is 0 Å². The first kappa shape index (κ1) is 25.1. The number of ether oxygens (including phenoxy) is 2. The molecular weight excluding hydrogens is 474 g/mol. The van der Waals surface area contributed by atoms with E-state index in [1.807, 2.05) is 48.5 Å². The monoisotopic (exact) mass is 500 g/mol.